The summed E-state index contributed by atoms with van der Waals surface area (Å²) in [6, 6.07) is 1.68. The lowest BCUT2D eigenvalue weighted by atomic mass is 10.1. The third-order valence-electron chi connectivity index (χ3n) is 3.11. The van der Waals surface area contributed by atoms with Crippen LogP contribution in [0.3, 0.4) is 0 Å². The van der Waals surface area contributed by atoms with Crippen molar-refractivity contribution in [3.8, 4) is 0 Å². The van der Waals surface area contributed by atoms with E-state index in [9.17, 15) is 9.59 Å². The number of aryl methyl sites for hydroxylation is 1. The van der Waals surface area contributed by atoms with Crippen molar-refractivity contribution in [2.24, 2.45) is 5.92 Å². The summed E-state index contributed by atoms with van der Waals surface area (Å²) in [6.45, 7) is 4.77. The quantitative estimate of drug-likeness (QED) is 0.776. The predicted octanol–water partition coefficient (Wildman–Crippen LogP) is 2.37. The first-order chi connectivity index (χ1) is 8.00. The van der Waals surface area contributed by atoms with Gasteiger partial charge in [-0.2, -0.15) is 0 Å². The minimum Gasteiger partial charge on any atom is -0.311 e. The van der Waals surface area contributed by atoms with E-state index in [1.165, 1.54) is 0 Å². The van der Waals surface area contributed by atoms with Gasteiger partial charge in [0.05, 0.1) is 5.56 Å². The molecule has 0 amide bonds. The van der Waals surface area contributed by atoms with E-state index in [4.69, 9.17) is 11.6 Å². The summed E-state index contributed by atoms with van der Waals surface area (Å²) >= 11 is 5.47. The van der Waals surface area contributed by atoms with Gasteiger partial charge in [0.2, 0.25) is 0 Å². The van der Waals surface area contributed by atoms with Crippen LogP contribution in [0, 0.1) is 5.92 Å². The lowest BCUT2D eigenvalue weighted by molar-refractivity contribution is 0.107. The highest BCUT2D eigenvalue weighted by atomic mass is 35.5. The molecule has 0 N–H and O–H groups in total. The molecule has 0 aromatic carbocycles. The normalized spacial score (nSPS) is 14.1. The summed E-state index contributed by atoms with van der Waals surface area (Å²) in [6.07, 6.45) is 2.91. The second-order valence-electron chi connectivity index (χ2n) is 4.97. The van der Waals surface area contributed by atoms with E-state index in [0.717, 1.165) is 30.5 Å². The van der Waals surface area contributed by atoms with Gasteiger partial charge in [0.15, 0.2) is 0 Å². The monoisotopic (exact) mass is 253 g/mol. The second kappa shape index (κ2) is 4.65. The van der Waals surface area contributed by atoms with Crippen LogP contribution in [0.25, 0.3) is 0 Å². The number of pyridine rings is 1. The van der Waals surface area contributed by atoms with E-state index in [0.29, 0.717) is 12.5 Å². The smallest absolute Gasteiger partial charge is 0.262 e. The zero-order chi connectivity index (χ0) is 12.6. The largest absolute Gasteiger partial charge is 0.311 e. The number of fused-ring (bicyclic) bond motifs is 1. The van der Waals surface area contributed by atoms with Crippen molar-refractivity contribution in [2.75, 3.05) is 0 Å². The topological polar surface area (TPSA) is 39.1 Å². The van der Waals surface area contributed by atoms with Crippen LogP contribution >= 0.6 is 11.6 Å². The van der Waals surface area contributed by atoms with E-state index in [1.807, 2.05) is 0 Å². The standard InChI is InChI=1S/C13H16ClNO2/c1-8(2)7-15-11-5-3-4-9(11)6-10(12(14)16)13(15)17/h6,8H,3-5,7H2,1-2H3. The van der Waals surface area contributed by atoms with Crippen LogP contribution in [0.1, 0.15) is 41.9 Å². The molecule has 92 valence electrons. The van der Waals surface area contributed by atoms with Crippen molar-refractivity contribution >= 4 is 16.8 Å². The minimum atomic E-state index is -0.651. The van der Waals surface area contributed by atoms with E-state index in [-0.39, 0.29) is 11.1 Å². The zero-order valence-electron chi connectivity index (χ0n) is 10.1. The average Bonchev–Trinajstić information content (AvgIpc) is 2.68. The van der Waals surface area contributed by atoms with Gasteiger partial charge in [-0.1, -0.05) is 13.8 Å². The highest BCUT2D eigenvalue weighted by Crippen LogP contribution is 2.22. The van der Waals surface area contributed by atoms with Crippen molar-refractivity contribution in [3.63, 3.8) is 0 Å². The number of nitrogens with zero attached hydrogens (tertiary/aromatic N) is 1. The molecule has 1 heterocycles. The Bertz CT molecular complexity index is 517. The summed E-state index contributed by atoms with van der Waals surface area (Å²) in [5, 5.41) is -0.651. The number of carbonyl (C=O) groups excluding carboxylic acids is 1. The van der Waals surface area contributed by atoms with Crippen molar-refractivity contribution in [1.82, 2.24) is 4.57 Å². The van der Waals surface area contributed by atoms with Gasteiger partial charge in [-0.25, -0.2) is 0 Å². The first-order valence-electron chi connectivity index (χ1n) is 5.96. The molecule has 0 fully saturated rings. The Hall–Kier alpha value is -1.09. The van der Waals surface area contributed by atoms with Crippen LogP contribution in [-0.4, -0.2) is 9.81 Å². The summed E-state index contributed by atoms with van der Waals surface area (Å²) in [5.74, 6) is 0.373. The van der Waals surface area contributed by atoms with Gasteiger partial charge in [-0.15, -0.1) is 0 Å². The fourth-order valence-electron chi connectivity index (χ4n) is 2.42. The molecule has 3 nitrogen and oxygen atoms in total. The van der Waals surface area contributed by atoms with Crippen LogP contribution in [0.15, 0.2) is 10.9 Å². The van der Waals surface area contributed by atoms with Gasteiger partial charge in [0.25, 0.3) is 10.8 Å². The SMILES string of the molecule is CC(C)Cn1c2c(cc(C(=O)Cl)c1=O)CCC2. The first kappa shape index (κ1) is 12.4. The summed E-state index contributed by atoms with van der Waals surface area (Å²) in [5.41, 5.74) is 2.08. The maximum Gasteiger partial charge on any atom is 0.262 e. The van der Waals surface area contributed by atoms with Crippen molar-refractivity contribution < 1.29 is 4.79 Å². The number of carbonyl (C=O) groups is 1. The number of hydrogen-bond donors (Lipinski definition) is 0. The Morgan fingerprint density at radius 2 is 2.18 bits per heavy atom. The Balaban J connectivity index is 2.62. The number of aromatic nitrogens is 1. The number of hydrogen-bond acceptors (Lipinski definition) is 2. The Morgan fingerprint density at radius 1 is 1.47 bits per heavy atom. The zero-order valence-corrected chi connectivity index (χ0v) is 10.9. The van der Waals surface area contributed by atoms with Gasteiger partial charge < -0.3 is 4.57 Å². The number of halogens is 1. The van der Waals surface area contributed by atoms with Crippen LogP contribution in [-0.2, 0) is 19.4 Å². The van der Waals surface area contributed by atoms with Gasteiger partial charge >= 0.3 is 0 Å². The molecule has 1 aliphatic carbocycles. The van der Waals surface area contributed by atoms with Crippen LogP contribution in [0.4, 0.5) is 0 Å². The maximum atomic E-state index is 12.2. The van der Waals surface area contributed by atoms with Gasteiger partial charge in [0.1, 0.15) is 0 Å². The molecule has 0 radical (unpaired) electrons. The van der Waals surface area contributed by atoms with E-state index < -0.39 is 5.24 Å². The Kier molecular flexibility index (Phi) is 3.38. The fraction of sp³-hybridized carbons (Fsp3) is 0.538. The van der Waals surface area contributed by atoms with Crippen molar-refractivity contribution in [1.29, 1.82) is 0 Å². The van der Waals surface area contributed by atoms with Gasteiger partial charge in [-0.3, -0.25) is 9.59 Å². The van der Waals surface area contributed by atoms with Crippen LogP contribution in [0.5, 0.6) is 0 Å². The molecular formula is C13H16ClNO2. The molecule has 1 aromatic rings. The molecular weight excluding hydrogens is 238 g/mol. The maximum absolute atomic E-state index is 12.2. The summed E-state index contributed by atoms with van der Waals surface area (Å²) in [7, 11) is 0. The predicted molar refractivity (Wildman–Crippen MR) is 67.7 cm³/mol. The first-order valence-corrected chi connectivity index (χ1v) is 6.34. The highest BCUT2D eigenvalue weighted by molar-refractivity contribution is 6.67. The van der Waals surface area contributed by atoms with E-state index in [1.54, 1.807) is 10.6 Å². The minimum absolute atomic E-state index is 0.118. The van der Waals surface area contributed by atoms with Crippen molar-refractivity contribution in [3.05, 3.63) is 33.2 Å². The molecule has 1 aromatic heterocycles. The molecule has 0 saturated heterocycles. The average molecular weight is 254 g/mol. The fourth-order valence-corrected chi connectivity index (χ4v) is 2.55. The molecule has 0 saturated carbocycles. The molecule has 0 spiro atoms. The summed E-state index contributed by atoms with van der Waals surface area (Å²) < 4.78 is 1.74. The van der Waals surface area contributed by atoms with Gasteiger partial charge in [-0.05, 0) is 48.4 Å². The molecule has 17 heavy (non-hydrogen) atoms. The van der Waals surface area contributed by atoms with Gasteiger partial charge in [0, 0.05) is 12.2 Å². The second-order valence-corrected chi connectivity index (χ2v) is 5.31. The molecule has 4 heteroatoms. The lowest BCUT2D eigenvalue weighted by Crippen LogP contribution is -2.29. The number of rotatable bonds is 3. The Morgan fingerprint density at radius 3 is 2.76 bits per heavy atom. The Labute approximate surface area is 105 Å². The third-order valence-corrected chi connectivity index (χ3v) is 3.31. The highest BCUT2D eigenvalue weighted by Gasteiger charge is 2.21. The summed E-state index contributed by atoms with van der Waals surface area (Å²) in [4.78, 5) is 23.4. The van der Waals surface area contributed by atoms with E-state index >= 15 is 0 Å². The molecule has 2 rings (SSSR count). The molecule has 0 unspecified atom stereocenters. The van der Waals surface area contributed by atoms with Crippen molar-refractivity contribution in [2.45, 2.75) is 39.7 Å². The molecule has 0 atom stereocenters. The lowest BCUT2D eigenvalue weighted by Gasteiger charge is -2.15. The third kappa shape index (κ3) is 2.29. The van der Waals surface area contributed by atoms with Crippen LogP contribution in [0.2, 0.25) is 0 Å². The van der Waals surface area contributed by atoms with Crippen LogP contribution < -0.4 is 5.56 Å². The molecule has 0 aliphatic heterocycles. The molecule has 0 bridgehead atoms. The molecule has 1 aliphatic rings. The van der Waals surface area contributed by atoms with E-state index in [2.05, 4.69) is 13.8 Å².